The number of benzene rings is 3. The van der Waals surface area contributed by atoms with Crippen molar-refractivity contribution in [1.82, 2.24) is 4.98 Å². The summed E-state index contributed by atoms with van der Waals surface area (Å²) in [5.74, 6) is 0.569. The molecule has 4 aromatic rings. The number of amides is 1. The van der Waals surface area contributed by atoms with Crippen LogP contribution < -0.4 is 10.1 Å². The molecule has 0 saturated heterocycles. The third-order valence-corrected chi connectivity index (χ3v) is 5.31. The van der Waals surface area contributed by atoms with Gasteiger partial charge in [-0.1, -0.05) is 46.3 Å². The van der Waals surface area contributed by atoms with E-state index in [4.69, 9.17) is 9.72 Å². The largest absolute Gasteiger partial charge is 0.497 e. The van der Waals surface area contributed by atoms with Crippen LogP contribution in [0.25, 0.3) is 22.2 Å². The van der Waals surface area contributed by atoms with Crippen LogP contribution in [0.1, 0.15) is 15.9 Å². The predicted octanol–water partition coefficient (Wildman–Crippen LogP) is 6.23. The lowest BCUT2D eigenvalue weighted by atomic mass is 9.97. The van der Waals surface area contributed by atoms with E-state index >= 15 is 0 Å². The van der Waals surface area contributed by atoms with E-state index in [0.717, 1.165) is 37.9 Å². The number of methoxy groups -OCH3 is 1. The summed E-state index contributed by atoms with van der Waals surface area (Å²) in [4.78, 5) is 18.2. The van der Waals surface area contributed by atoms with Crippen LogP contribution in [0, 0.1) is 6.92 Å². The van der Waals surface area contributed by atoms with Gasteiger partial charge in [0.05, 0.1) is 23.9 Å². The van der Waals surface area contributed by atoms with Gasteiger partial charge in [-0.2, -0.15) is 0 Å². The molecular weight excluding hydrogens is 428 g/mol. The normalized spacial score (nSPS) is 10.7. The molecule has 0 aliphatic rings. The first kappa shape index (κ1) is 19.2. The van der Waals surface area contributed by atoms with Crippen LogP contribution in [-0.4, -0.2) is 18.0 Å². The average Bonchev–Trinajstić information content (AvgIpc) is 2.74. The van der Waals surface area contributed by atoms with Gasteiger partial charge in [-0.25, -0.2) is 4.98 Å². The minimum atomic E-state index is -0.171. The smallest absolute Gasteiger partial charge is 0.256 e. The van der Waals surface area contributed by atoms with Crippen LogP contribution in [0.2, 0.25) is 0 Å². The molecule has 3 aromatic carbocycles. The maximum absolute atomic E-state index is 13.3. The van der Waals surface area contributed by atoms with Crippen LogP contribution in [-0.2, 0) is 0 Å². The van der Waals surface area contributed by atoms with Crippen molar-refractivity contribution in [3.05, 3.63) is 88.4 Å². The molecule has 1 amide bonds. The highest BCUT2D eigenvalue weighted by Crippen LogP contribution is 2.32. The molecular formula is C24H19BrN2O2. The maximum atomic E-state index is 13.3. The molecule has 0 fully saturated rings. The fourth-order valence-corrected chi connectivity index (χ4v) is 3.73. The number of hydrogen-bond donors (Lipinski definition) is 1. The lowest BCUT2D eigenvalue weighted by Crippen LogP contribution is -2.15. The van der Waals surface area contributed by atoms with Gasteiger partial charge in [0.2, 0.25) is 0 Å². The first-order valence-corrected chi connectivity index (χ1v) is 9.97. The standard InChI is InChI=1S/C24H19BrN2O2/c1-15-22(24(28)26-18-9-11-19(29-2)12-10-18)20-14-17(25)8-13-21(20)27-23(15)16-6-4-3-5-7-16/h3-14H,1-2H3,(H,26,28). The molecule has 5 heteroatoms. The fourth-order valence-electron chi connectivity index (χ4n) is 3.37. The first-order chi connectivity index (χ1) is 14.1. The molecule has 0 saturated carbocycles. The summed E-state index contributed by atoms with van der Waals surface area (Å²) in [5.41, 5.74) is 4.72. The van der Waals surface area contributed by atoms with Crippen molar-refractivity contribution >= 4 is 38.4 Å². The number of halogens is 1. The Labute approximate surface area is 177 Å². The highest BCUT2D eigenvalue weighted by Gasteiger charge is 2.19. The molecule has 0 bridgehead atoms. The quantitative estimate of drug-likeness (QED) is 0.403. The summed E-state index contributed by atoms with van der Waals surface area (Å²) in [5, 5.41) is 3.81. The number of aromatic nitrogens is 1. The van der Waals surface area contributed by atoms with Crippen molar-refractivity contribution in [2.24, 2.45) is 0 Å². The van der Waals surface area contributed by atoms with Gasteiger partial charge in [0.1, 0.15) is 5.75 Å². The summed E-state index contributed by atoms with van der Waals surface area (Å²) in [6.45, 7) is 1.94. The number of fused-ring (bicyclic) bond motifs is 1. The first-order valence-electron chi connectivity index (χ1n) is 9.17. The van der Waals surface area contributed by atoms with Gasteiger partial charge in [0.25, 0.3) is 5.91 Å². The maximum Gasteiger partial charge on any atom is 0.256 e. The molecule has 0 aliphatic carbocycles. The van der Waals surface area contributed by atoms with Gasteiger partial charge in [-0.15, -0.1) is 0 Å². The minimum Gasteiger partial charge on any atom is -0.497 e. The summed E-state index contributed by atoms with van der Waals surface area (Å²) in [6, 6.07) is 23.0. The van der Waals surface area contributed by atoms with Crippen molar-refractivity contribution in [2.75, 3.05) is 12.4 Å². The average molecular weight is 447 g/mol. The third kappa shape index (κ3) is 3.87. The van der Waals surface area contributed by atoms with E-state index in [9.17, 15) is 4.79 Å². The highest BCUT2D eigenvalue weighted by atomic mass is 79.9. The van der Waals surface area contributed by atoms with Crippen molar-refractivity contribution in [1.29, 1.82) is 0 Å². The highest BCUT2D eigenvalue weighted by molar-refractivity contribution is 9.10. The lowest BCUT2D eigenvalue weighted by Gasteiger charge is -2.15. The van der Waals surface area contributed by atoms with Crippen molar-refractivity contribution in [2.45, 2.75) is 6.92 Å². The van der Waals surface area contributed by atoms with Crippen LogP contribution >= 0.6 is 15.9 Å². The molecule has 29 heavy (non-hydrogen) atoms. The van der Waals surface area contributed by atoms with E-state index in [1.807, 2.05) is 79.7 Å². The molecule has 1 N–H and O–H groups in total. The number of nitrogens with zero attached hydrogens (tertiary/aromatic N) is 1. The van der Waals surface area contributed by atoms with E-state index in [-0.39, 0.29) is 5.91 Å². The topological polar surface area (TPSA) is 51.2 Å². The number of rotatable bonds is 4. The van der Waals surface area contributed by atoms with Gasteiger partial charge in [-0.05, 0) is 55.0 Å². The number of nitrogens with one attached hydrogen (secondary N) is 1. The van der Waals surface area contributed by atoms with Gasteiger partial charge < -0.3 is 10.1 Å². The summed E-state index contributed by atoms with van der Waals surface area (Å²) >= 11 is 3.51. The van der Waals surface area contributed by atoms with E-state index < -0.39 is 0 Å². The lowest BCUT2D eigenvalue weighted by molar-refractivity contribution is 0.102. The molecule has 1 aromatic heterocycles. The number of ether oxygens (including phenoxy) is 1. The molecule has 1 heterocycles. The summed E-state index contributed by atoms with van der Waals surface area (Å²) in [6.07, 6.45) is 0. The van der Waals surface area contributed by atoms with Crippen molar-refractivity contribution < 1.29 is 9.53 Å². The van der Waals surface area contributed by atoms with E-state index in [0.29, 0.717) is 11.3 Å². The zero-order valence-corrected chi connectivity index (χ0v) is 17.7. The Morgan fingerprint density at radius 1 is 1.00 bits per heavy atom. The third-order valence-electron chi connectivity index (χ3n) is 4.81. The van der Waals surface area contributed by atoms with Crippen LogP contribution in [0.15, 0.2) is 77.3 Å². The van der Waals surface area contributed by atoms with E-state index in [2.05, 4.69) is 21.2 Å². The molecule has 4 rings (SSSR count). The Balaban J connectivity index is 1.85. The van der Waals surface area contributed by atoms with E-state index in [1.165, 1.54) is 0 Å². The van der Waals surface area contributed by atoms with Crippen molar-refractivity contribution in [3.8, 4) is 17.0 Å². The number of hydrogen-bond acceptors (Lipinski definition) is 3. The van der Waals surface area contributed by atoms with Crippen LogP contribution in [0.3, 0.4) is 0 Å². The number of pyridine rings is 1. The number of carbonyl (C=O) groups excluding carboxylic acids is 1. The van der Waals surface area contributed by atoms with Crippen LogP contribution in [0.5, 0.6) is 5.75 Å². The molecule has 0 radical (unpaired) electrons. The van der Waals surface area contributed by atoms with E-state index in [1.54, 1.807) is 7.11 Å². The van der Waals surface area contributed by atoms with Gasteiger partial charge >= 0.3 is 0 Å². The Morgan fingerprint density at radius 2 is 1.72 bits per heavy atom. The monoisotopic (exact) mass is 446 g/mol. The van der Waals surface area contributed by atoms with Gasteiger partial charge in [0.15, 0.2) is 0 Å². The predicted molar refractivity (Wildman–Crippen MR) is 121 cm³/mol. The zero-order valence-electron chi connectivity index (χ0n) is 16.1. The molecule has 0 aliphatic heterocycles. The van der Waals surface area contributed by atoms with Gasteiger partial charge in [-0.3, -0.25) is 4.79 Å². The second kappa shape index (κ2) is 8.05. The fraction of sp³-hybridized carbons (Fsp3) is 0.0833. The Bertz CT molecular complexity index is 1190. The SMILES string of the molecule is COc1ccc(NC(=O)c2c(C)c(-c3ccccc3)nc3ccc(Br)cc23)cc1. The number of carbonyl (C=O) groups is 1. The Kier molecular flexibility index (Phi) is 5.32. The molecule has 0 spiro atoms. The molecule has 4 nitrogen and oxygen atoms in total. The minimum absolute atomic E-state index is 0.171. The Morgan fingerprint density at radius 3 is 2.41 bits per heavy atom. The number of anilines is 1. The Hall–Kier alpha value is -3.18. The second-order valence-electron chi connectivity index (χ2n) is 6.67. The van der Waals surface area contributed by atoms with Crippen LogP contribution in [0.4, 0.5) is 5.69 Å². The zero-order chi connectivity index (χ0) is 20.4. The summed E-state index contributed by atoms with van der Waals surface area (Å²) < 4.78 is 6.09. The molecule has 0 atom stereocenters. The molecule has 0 unspecified atom stereocenters. The van der Waals surface area contributed by atoms with Crippen molar-refractivity contribution in [3.63, 3.8) is 0 Å². The van der Waals surface area contributed by atoms with Gasteiger partial charge in [0, 0.05) is 21.1 Å². The second-order valence-corrected chi connectivity index (χ2v) is 7.59. The molecule has 144 valence electrons. The summed E-state index contributed by atoms with van der Waals surface area (Å²) in [7, 11) is 1.61.